The Morgan fingerprint density at radius 1 is 0.962 bits per heavy atom. The highest BCUT2D eigenvalue weighted by Crippen LogP contribution is 2.29. The molecule has 0 bridgehead atoms. The first-order valence-corrected chi connectivity index (χ1v) is 8.82. The van der Waals surface area contributed by atoms with E-state index in [9.17, 15) is 4.79 Å². The highest BCUT2D eigenvalue weighted by atomic mass is 16.5. The molecule has 0 heterocycles. The van der Waals surface area contributed by atoms with Crippen LogP contribution in [0.1, 0.15) is 30.1 Å². The fraction of sp³-hybridized carbons (Fsp3) is 0.227. The average molecular weight is 349 g/mol. The Balaban J connectivity index is 1.75. The lowest BCUT2D eigenvalue weighted by Crippen LogP contribution is -2.12. The minimum Gasteiger partial charge on any atom is -0.493 e. The van der Waals surface area contributed by atoms with Gasteiger partial charge in [-0.3, -0.25) is 4.79 Å². The predicted octanol–water partition coefficient (Wildman–Crippen LogP) is 5.28. The number of unbranched alkanes of at least 4 members (excludes halogenated alkanes) is 1. The molecule has 4 heteroatoms. The molecular formula is C22H23NO3. The van der Waals surface area contributed by atoms with Gasteiger partial charge in [-0.15, -0.1) is 0 Å². The summed E-state index contributed by atoms with van der Waals surface area (Å²) in [7, 11) is 1.58. The summed E-state index contributed by atoms with van der Waals surface area (Å²) < 4.78 is 11.1. The van der Waals surface area contributed by atoms with Crippen molar-refractivity contribution in [2.24, 2.45) is 0 Å². The van der Waals surface area contributed by atoms with Crippen LogP contribution in [0, 0.1) is 0 Å². The van der Waals surface area contributed by atoms with Crippen molar-refractivity contribution in [3.05, 3.63) is 66.2 Å². The maximum Gasteiger partial charge on any atom is 0.255 e. The zero-order valence-corrected chi connectivity index (χ0v) is 15.1. The van der Waals surface area contributed by atoms with Crippen LogP contribution in [0.3, 0.4) is 0 Å². The summed E-state index contributed by atoms with van der Waals surface area (Å²) in [6, 6.07) is 19.1. The van der Waals surface area contributed by atoms with Crippen molar-refractivity contribution < 1.29 is 14.3 Å². The molecule has 0 fully saturated rings. The van der Waals surface area contributed by atoms with Gasteiger partial charge in [0.1, 0.15) is 0 Å². The van der Waals surface area contributed by atoms with Crippen molar-refractivity contribution in [2.75, 3.05) is 19.0 Å². The summed E-state index contributed by atoms with van der Waals surface area (Å²) in [6.07, 6.45) is 2.04. The summed E-state index contributed by atoms with van der Waals surface area (Å²) in [4.78, 5) is 12.6. The molecule has 0 unspecified atom stereocenters. The SMILES string of the molecule is CCCCOc1ccc(C(=O)Nc2ccc3ccccc3c2)cc1OC. The smallest absolute Gasteiger partial charge is 0.255 e. The van der Waals surface area contributed by atoms with Gasteiger partial charge in [0.15, 0.2) is 11.5 Å². The molecule has 134 valence electrons. The largest absolute Gasteiger partial charge is 0.493 e. The molecule has 0 saturated carbocycles. The molecule has 0 atom stereocenters. The molecule has 0 aliphatic carbocycles. The number of hydrogen-bond acceptors (Lipinski definition) is 3. The molecule has 3 aromatic rings. The second-order valence-electron chi connectivity index (χ2n) is 6.08. The van der Waals surface area contributed by atoms with E-state index in [-0.39, 0.29) is 5.91 Å². The van der Waals surface area contributed by atoms with Gasteiger partial charge in [0.05, 0.1) is 13.7 Å². The molecule has 0 aromatic heterocycles. The lowest BCUT2D eigenvalue weighted by Gasteiger charge is -2.12. The van der Waals surface area contributed by atoms with E-state index in [0.717, 1.165) is 29.3 Å². The number of anilines is 1. The normalized spacial score (nSPS) is 10.5. The fourth-order valence-electron chi connectivity index (χ4n) is 2.72. The summed E-state index contributed by atoms with van der Waals surface area (Å²) in [5, 5.41) is 5.16. The van der Waals surface area contributed by atoms with Crippen LogP contribution < -0.4 is 14.8 Å². The zero-order chi connectivity index (χ0) is 18.4. The molecule has 0 aliphatic heterocycles. The third-order valence-corrected chi connectivity index (χ3v) is 4.19. The second kappa shape index (κ2) is 8.39. The second-order valence-corrected chi connectivity index (χ2v) is 6.08. The van der Waals surface area contributed by atoms with Crippen LogP contribution in [0.15, 0.2) is 60.7 Å². The molecule has 0 radical (unpaired) electrons. The summed E-state index contributed by atoms with van der Waals surface area (Å²) in [6.45, 7) is 2.75. The number of rotatable bonds is 7. The Hall–Kier alpha value is -3.01. The number of nitrogens with one attached hydrogen (secondary N) is 1. The number of ether oxygens (including phenoxy) is 2. The monoisotopic (exact) mass is 349 g/mol. The maximum absolute atomic E-state index is 12.6. The van der Waals surface area contributed by atoms with Crippen molar-refractivity contribution in [1.82, 2.24) is 0 Å². The van der Waals surface area contributed by atoms with Crippen LogP contribution in [-0.4, -0.2) is 19.6 Å². The number of methoxy groups -OCH3 is 1. The van der Waals surface area contributed by atoms with Gasteiger partial charge < -0.3 is 14.8 Å². The van der Waals surface area contributed by atoms with Crippen LogP contribution in [0.2, 0.25) is 0 Å². The third kappa shape index (κ3) is 4.14. The topological polar surface area (TPSA) is 47.6 Å². The third-order valence-electron chi connectivity index (χ3n) is 4.19. The van der Waals surface area contributed by atoms with Crippen LogP contribution in [-0.2, 0) is 0 Å². The zero-order valence-electron chi connectivity index (χ0n) is 15.1. The van der Waals surface area contributed by atoms with Crippen LogP contribution in [0.4, 0.5) is 5.69 Å². The van der Waals surface area contributed by atoms with E-state index in [0.29, 0.717) is 23.7 Å². The van der Waals surface area contributed by atoms with Crippen LogP contribution in [0.5, 0.6) is 11.5 Å². The fourth-order valence-corrected chi connectivity index (χ4v) is 2.72. The van der Waals surface area contributed by atoms with Gasteiger partial charge in [-0.05, 0) is 47.5 Å². The minimum atomic E-state index is -0.182. The molecule has 0 spiro atoms. The van der Waals surface area contributed by atoms with E-state index < -0.39 is 0 Å². The Bertz CT molecular complexity index is 905. The quantitative estimate of drug-likeness (QED) is 0.590. The number of benzene rings is 3. The number of carbonyl (C=O) groups excluding carboxylic acids is 1. The van der Waals surface area contributed by atoms with Gasteiger partial charge in [-0.25, -0.2) is 0 Å². The number of hydrogen-bond donors (Lipinski definition) is 1. The van der Waals surface area contributed by atoms with Crippen molar-refractivity contribution in [2.45, 2.75) is 19.8 Å². The lowest BCUT2D eigenvalue weighted by atomic mass is 10.1. The molecule has 0 saturated heterocycles. The van der Waals surface area contributed by atoms with Gasteiger partial charge in [0.2, 0.25) is 0 Å². The van der Waals surface area contributed by atoms with Crippen molar-refractivity contribution in [1.29, 1.82) is 0 Å². The Morgan fingerprint density at radius 2 is 1.77 bits per heavy atom. The van der Waals surface area contributed by atoms with E-state index in [1.54, 1.807) is 25.3 Å². The molecule has 1 N–H and O–H groups in total. The first-order chi connectivity index (χ1) is 12.7. The molecule has 1 amide bonds. The summed E-state index contributed by atoms with van der Waals surface area (Å²) in [5.41, 5.74) is 1.29. The summed E-state index contributed by atoms with van der Waals surface area (Å²) in [5.74, 6) is 1.04. The first kappa shape index (κ1) is 17.8. The van der Waals surface area contributed by atoms with Crippen molar-refractivity contribution in [3.8, 4) is 11.5 Å². The van der Waals surface area contributed by atoms with Gasteiger partial charge in [-0.2, -0.15) is 0 Å². The molecule has 4 nitrogen and oxygen atoms in total. The Morgan fingerprint density at radius 3 is 2.54 bits per heavy atom. The number of carbonyl (C=O) groups is 1. The van der Waals surface area contributed by atoms with Crippen molar-refractivity contribution in [3.63, 3.8) is 0 Å². The standard InChI is InChI=1S/C22H23NO3/c1-3-4-13-26-20-12-10-18(15-21(20)25-2)22(24)23-19-11-9-16-7-5-6-8-17(16)14-19/h5-12,14-15H,3-4,13H2,1-2H3,(H,23,24). The van der Waals surface area contributed by atoms with Crippen molar-refractivity contribution >= 4 is 22.4 Å². The number of amides is 1. The molecule has 26 heavy (non-hydrogen) atoms. The van der Waals surface area contributed by atoms with Crippen LogP contribution >= 0.6 is 0 Å². The molecule has 3 rings (SSSR count). The van der Waals surface area contributed by atoms with E-state index in [1.807, 2.05) is 42.5 Å². The number of fused-ring (bicyclic) bond motifs is 1. The van der Waals surface area contributed by atoms with E-state index in [2.05, 4.69) is 12.2 Å². The predicted molar refractivity (Wildman–Crippen MR) is 105 cm³/mol. The van der Waals surface area contributed by atoms with Gasteiger partial charge >= 0.3 is 0 Å². The lowest BCUT2D eigenvalue weighted by molar-refractivity contribution is 0.102. The van der Waals surface area contributed by atoms with E-state index in [4.69, 9.17) is 9.47 Å². The average Bonchev–Trinajstić information content (AvgIpc) is 2.68. The van der Waals surface area contributed by atoms with E-state index in [1.165, 1.54) is 0 Å². The highest BCUT2D eigenvalue weighted by molar-refractivity contribution is 6.05. The minimum absolute atomic E-state index is 0.182. The summed E-state index contributed by atoms with van der Waals surface area (Å²) >= 11 is 0. The molecule has 3 aromatic carbocycles. The Kier molecular flexibility index (Phi) is 5.74. The van der Waals surface area contributed by atoms with Crippen LogP contribution in [0.25, 0.3) is 10.8 Å². The first-order valence-electron chi connectivity index (χ1n) is 8.82. The van der Waals surface area contributed by atoms with Gasteiger partial charge in [-0.1, -0.05) is 43.7 Å². The Labute approximate surface area is 153 Å². The van der Waals surface area contributed by atoms with Gasteiger partial charge in [0.25, 0.3) is 5.91 Å². The molecule has 0 aliphatic rings. The van der Waals surface area contributed by atoms with Gasteiger partial charge in [0, 0.05) is 11.3 Å². The maximum atomic E-state index is 12.6. The van der Waals surface area contributed by atoms with E-state index >= 15 is 0 Å². The highest BCUT2D eigenvalue weighted by Gasteiger charge is 2.12. The molecular weight excluding hydrogens is 326 g/mol.